The summed E-state index contributed by atoms with van der Waals surface area (Å²) in [6.07, 6.45) is -0.223. The van der Waals surface area contributed by atoms with Crippen LogP contribution >= 0.6 is 11.6 Å². The molecule has 0 aliphatic rings. The fraction of sp³-hybridized carbons (Fsp3) is 0.385. The van der Waals surface area contributed by atoms with E-state index >= 15 is 0 Å². The van der Waals surface area contributed by atoms with Gasteiger partial charge in [0, 0.05) is 22.5 Å². The van der Waals surface area contributed by atoms with E-state index in [0.717, 1.165) is 0 Å². The second kappa shape index (κ2) is 6.54. The van der Waals surface area contributed by atoms with Crippen LogP contribution in [0.5, 0.6) is 0 Å². The maximum atomic E-state index is 11.8. The van der Waals surface area contributed by atoms with Crippen molar-refractivity contribution in [3.63, 3.8) is 0 Å². The van der Waals surface area contributed by atoms with Gasteiger partial charge in [0.05, 0.1) is 13.0 Å². The Morgan fingerprint density at radius 2 is 2.11 bits per heavy atom. The van der Waals surface area contributed by atoms with E-state index in [2.05, 4.69) is 5.32 Å². The number of nitrogens with one attached hydrogen (secondary N) is 1. The molecule has 1 rings (SSSR count). The van der Waals surface area contributed by atoms with Crippen LogP contribution < -0.4 is 5.32 Å². The molecular formula is C13H16ClNO4. The van der Waals surface area contributed by atoms with E-state index in [1.165, 1.54) is 6.07 Å². The molecule has 1 atom stereocenters. The van der Waals surface area contributed by atoms with Gasteiger partial charge in [0.2, 0.25) is 0 Å². The highest BCUT2D eigenvalue weighted by atomic mass is 35.5. The Kier molecular flexibility index (Phi) is 5.32. The van der Waals surface area contributed by atoms with Gasteiger partial charge in [-0.05, 0) is 18.2 Å². The average molecular weight is 286 g/mol. The smallest absolute Gasteiger partial charge is 0.304 e. The molecule has 0 heterocycles. The Bertz CT molecular complexity index is 477. The van der Waals surface area contributed by atoms with Crippen molar-refractivity contribution < 1.29 is 19.8 Å². The summed E-state index contributed by atoms with van der Waals surface area (Å²) < 4.78 is 0. The van der Waals surface area contributed by atoms with Crippen LogP contribution in [0.15, 0.2) is 24.3 Å². The van der Waals surface area contributed by atoms with E-state index in [4.69, 9.17) is 16.7 Å². The zero-order chi connectivity index (χ0) is 14.5. The fourth-order valence-electron chi connectivity index (χ4n) is 1.56. The Morgan fingerprint density at radius 3 is 2.63 bits per heavy atom. The van der Waals surface area contributed by atoms with Crippen LogP contribution in [0.2, 0.25) is 5.02 Å². The molecule has 6 heteroatoms. The predicted molar refractivity (Wildman–Crippen MR) is 71.2 cm³/mol. The number of hydrogen-bond donors (Lipinski definition) is 3. The summed E-state index contributed by atoms with van der Waals surface area (Å²) in [5, 5.41) is 21.0. The first-order valence-electron chi connectivity index (χ1n) is 5.73. The predicted octanol–water partition coefficient (Wildman–Crippen LogP) is 1.54. The molecule has 1 aromatic rings. The van der Waals surface area contributed by atoms with Crippen LogP contribution in [0.4, 0.5) is 0 Å². The lowest BCUT2D eigenvalue weighted by atomic mass is 9.87. The number of aliphatic carboxylic acids is 1. The third-order valence-electron chi connectivity index (χ3n) is 2.72. The van der Waals surface area contributed by atoms with Gasteiger partial charge in [-0.2, -0.15) is 0 Å². The molecule has 0 aliphatic carbocycles. The van der Waals surface area contributed by atoms with Gasteiger partial charge in [-0.15, -0.1) is 0 Å². The zero-order valence-corrected chi connectivity index (χ0v) is 11.3. The number of carbonyl (C=O) groups excluding carboxylic acids is 1. The average Bonchev–Trinajstić information content (AvgIpc) is 2.35. The van der Waals surface area contributed by atoms with Crippen molar-refractivity contribution >= 4 is 23.5 Å². The number of rotatable bonds is 6. The van der Waals surface area contributed by atoms with Gasteiger partial charge in [-0.3, -0.25) is 9.59 Å². The first-order chi connectivity index (χ1) is 8.86. The number of carboxylic acid groups (broad SMARTS) is 1. The van der Waals surface area contributed by atoms with Gasteiger partial charge in [-0.25, -0.2) is 0 Å². The van der Waals surface area contributed by atoms with Crippen LogP contribution in [-0.2, 0) is 4.79 Å². The van der Waals surface area contributed by atoms with E-state index in [1.54, 1.807) is 25.1 Å². The van der Waals surface area contributed by atoms with Crippen LogP contribution in [0.25, 0.3) is 0 Å². The molecular weight excluding hydrogens is 270 g/mol. The first kappa shape index (κ1) is 15.5. The molecule has 0 spiro atoms. The monoisotopic (exact) mass is 285 g/mol. The number of hydrogen-bond acceptors (Lipinski definition) is 3. The van der Waals surface area contributed by atoms with Crippen molar-refractivity contribution in [1.29, 1.82) is 0 Å². The topological polar surface area (TPSA) is 86.6 Å². The lowest BCUT2D eigenvalue weighted by Crippen LogP contribution is -2.39. The number of halogens is 1. The molecule has 0 bridgehead atoms. The molecule has 1 unspecified atom stereocenters. The zero-order valence-electron chi connectivity index (χ0n) is 10.5. The van der Waals surface area contributed by atoms with E-state index in [9.17, 15) is 14.7 Å². The molecule has 5 nitrogen and oxygen atoms in total. The number of benzene rings is 1. The summed E-state index contributed by atoms with van der Waals surface area (Å²) in [5.41, 5.74) is -0.497. The van der Waals surface area contributed by atoms with Crippen molar-refractivity contribution in [3.05, 3.63) is 34.9 Å². The van der Waals surface area contributed by atoms with Gasteiger partial charge >= 0.3 is 5.97 Å². The molecule has 0 radical (unpaired) electrons. The molecule has 19 heavy (non-hydrogen) atoms. The maximum Gasteiger partial charge on any atom is 0.304 e. The van der Waals surface area contributed by atoms with Gasteiger partial charge < -0.3 is 15.5 Å². The Hall–Kier alpha value is -1.59. The van der Waals surface area contributed by atoms with Crippen molar-refractivity contribution in [2.24, 2.45) is 5.41 Å². The standard InChI is InChI=1S/C13H16ClNO4/c1-13(8-16,6-11(17)18)7-15-12(19)9-3-2-4-10(14)5-9/h2-5,16H,6-8H2,1H3,(H,15,19)(H,17,18). The normalized spacial score (nSPS) is 13.6. The highest BCUT2D eigenvalue weighted by Crippen LogP contribution is 2.19. The number of carbonyl (C=O) groups is 2. The molecule has 104 valence electrons. The Morgan fingerprint density at radius 1 is 1.42 bits per heavy atom. The van der Waals surface area contributed by atoms with E-state index in [0.29, 0.717) is 10.6 Å². The molecule has 0 saturated heterocycles. The molecule has 3 N–H and O–H groups in total. The van der Waals surface area contributed by atoms with Crippen molar-refractivity contribution in [3.8, 4) is 0 Å². The fourth-order valence-corrected chi connectivity index (χ4v) is 1.76. The largest absolute Gasteiger partial charge is 0.481 e. The third-order valence-corrected chi connectivity index (χ3v) is 2.96. The minimum atomic E-state index is -1.02. The Labute approximate surface area is 116 Å². The summed E-state index contributed by atoms with van der Waals surface area (Å²) in [4.78, 5) is 22.5. The van der Waals surface area contributed by atoms with Crippen LogP contribution in [-0.4, -0.2) is 35.2 Å². The van der Waals surface area contributed by atoms with Gasteiger partial charge in [-0.1, -0.05) is 24.6 Å². The van der Waals surface area contributed by atoms with Gasteiger partial charge in [0.15, 0.2) is 0 Å². The summed E-state index contributed by atoms with van der Waals surface area (Å²) in [6, 6.07) is 6.43. The van der Waals surface area contributed by atoms with Crippen molar-refractivity contribution in [2.75, 3.05) is 13.2 Å². The SMILES string of the molecule is CC(CO)(CNC(=O)c1cccc(Cl)c1)CC(=O)O. The first-order valence-corrected chi connectivity index (χ1v) is 6.10. The van der Waals surface area contributed by atoms with E-state index < -0.39 is 11.4 Å². The minimum absolute atomic E-state index is 0.0706. The molecule has 0 saturated carbocycles. The Balaban J connectivity index is 2.65. The number of carboxylic acids is 1. The quantitative estimate of drug-likeness (QED) is 0.740. The highest BCUT2D eigenvalue weighted by molar-refractivity contribution is 6.30. The van der Waals surface area contributed by atoms with Crippen LogP contribution in [0.1, 0.15) is 23.7 Å². The van der Waals surface area contributed by atoms with E-state index in [-0.39, 0.29) is 25.5 Å². The van der Waals surface area contributed by atoms with Crippen LogP contribution in [0, 0.1) is 5.41 Å². The number of amides is 1. The molecule has 0 aliphatic heterocycles. The van der Waals surface area contributed by atoms with Gasteiger partial charge in [0.1, 0.15) is 0 Å². The summed E-state index contributed by atoms with van der Waals surface area (Å²) in [7, 11) is 0. The summed E-state index contributed by atoms with van der Waals surface area (Å²) in [5.74, 6) is -1.37. The lowest BCUT2D eigenvalue weighted by molar-refractivity contribution is -0.140. The highest BCUT2D eigenvalue weighted by Gasteiger charge is 2.27. The minimum Gasteiger partial charge on any atom is -0.481 e. The molecule has 0 aromatic heterocycles. The molecule has 0 fully saturated rings. The number of aliphatic hydroxyl groups is 1. The third kappa shape index (κ3) is 4.89. The van der Waals surface area contributed by atoms with Crippen molar-refractivity contribution in [1.82, 2.24) is 5.32 Å². The maximum absolute atomic E-state index is 11.8. The number of aliphatic hydroxyl groups excluding tert-OH is 1. The second-order valence-electron chi connectivity index (χ2n) is 4.73. The van der Waals surface area contributed by atoms with Gasteiger partial charge in [0.25, 0.3) is 5.91 Å². The second-order valence-corrected chi connectivity index (χ2v) is 5.17. The lowest BCUT2D eigenvalue weighted by Gasteiger charge is -2.25. The molecule has 1 amide bonds. The van der Waals surface area contributed by atoms with Crippen molar-refractivity contribution in [2.45, 2.75) is 13.3 Å². The van der Waals surface area contributed by atoms with Crippen LogP contribution in [0.3, 0.4) is 0 Å². The molecule has 1 aromatic carbocycles. The summed E-state index contributed by atoms with van der Waals surface area (Å²) in [6.45, 7) is 1.34. The summed E-state index contributed by atoms with van der Waals surface area (Å²) >= 11 is 5.78. The van der Waals surface area contributed by atoms with E-state index in [1.807, 2.05) is 0 Å².